The molecule has 0 radical (unpaired) electrons. The van der Waals surface area contributed by atoms with Gasteiger partial charge in [-0.15, -0.1) is 24.0 Å². The van der Waals surface area contributed by atoms with Crippen molar-refractivity contribution in [2.24, 2.45) is 4.99 Å². The molecule has 2 aromatic rings. The Labute approximate surface area is 203 Å². The van der Waals surface area contributed by atoms with Crippen LogP contribution >= 0.6 is 24.0 Å². The first kappa shape index (κ1) is 25.6. The molecule has 0 saturated carbocycles. The highest BCUT2D eigenvalue weighted by Gasteiger charge is 2.20. The first-order valence-electron chi connectivity index (χ1n) is 10.7. The van der Waals surface area contributed by atoms with Crippen molar-refractivity contribution in [3.05, 3.63) is 66.2 Å². The largest absolute Gasteiger partial charge is 0.357 e. The second-order valence-corrected chi connectivity index (χ2v) is 9.58. The monoisotopic (exact) mass is 556 g/mol. The van der Waals surface area contributed by atoms with E-state index in [0.29, 0.717) is 17.9 Å². The Hall–Kier alpha value is -1.65. The van der Waals surface area contributed by atoms with Crippen molar-refractivity contribution < 1.29 is 8.42 Å². The van der Waals surface area contributed by atoms with Gasteiger partial charge in [0, 0.05) is 45.8 Å². The Morgan fingerprint density at radius 1 is 0.968 bits per heavy atom. The second-order valence-electron chi connectivity index (χ2n) is 7.47. The van der Waals surface area contributed by atoms with E-state index in [-0.39, 0.29) is 29.7 Å². The zero-order valence-electron chi connectivity index (χ0n) is 18.1. The number of nitrogens with zero attached hydrogens (tertiary/aromatic N) is 3. The average Bonchev–Trinajstić information content (AvgIpc) is 2.78. The number of piperazine rings is 1. The lowest BCUT2D eigenvalue weighted by Gasteiger charge is -2.36. The molecule has 170 valence electrons. The summed E-state index contributed by atoms with van der Waals surface area (Å²) in [5.74, 6) is 0.999. The first-order chi connectivity index (χ1) is 14.6. The number of sulfone groups is 1. The molecule has 1 aliphatic heterocycles. The summed E-state index contributed by atoms with van der Waals surface area (Å²) in [4.78, 5) is 9.81. The van der Waals surface area contributed by atoms with E-state index in [1.165, 1.54) is 5.56 Å². The van der Waals surface area contributed by atoms with Crippen molar-refractivity contribution >= 4 is 39.8 Å². The van der Waals surface area contributed by atoms with E-state index < -0.39 is 9.84 Å². The van der Waals surface area contributed by atoms with E-state index in [1.807, 2.05) is 12.1 Å². The second kappa shape index (κ2) is 13.0. The lowest BCUT2D eigenvalue weighted by molar-refractivity contribution is 0.172. The molecular formula is C23H33IN4O2S. The number of halogens is 1. The molecule has 6 nitrogen and oxygen atoms in total. The molecule has 0 aromatic heterocycles. The highest BCUT2D eigenvalue weighted by atomic mass is 127. The summed E-state index contributed by atoms with van der Waals surface area (Å²) in [6.07, 6.45) is 0.514. The van der Waals surface area contributed by atoms with E-state index in [2.05, 4.69) is 46.3 Å². The molecule has 0 bridgehead atoms. The summed E-state index contributed by atoms with van der Waals surface area (Å²) in [7, 11) is -3.24. The van der Waals surface area contributed by atoms with E-state index in [0.717, 1.165) is 45.2 Å². The summed E-state index contributed by atoms with van der Waals surface area (Å²) in [6, 6.07) is 19.2. The molecule has 1 fully saturated rings. The van der Waals surface area contributed by atoms with Gasteiger partial charge in [-0.1, -0.05) is 48.5 Å². The molecule has 0 aliphatic carbocycles. The van der Waals surface area contributed by atoms with Crippen LogP contribution < -0.4 is 5.32 Å². The molecular weight excluding hydrogens is 523 g/mol. The fourth-order valence-corrected chi connectivity index (χ4v) is 4.89. The van der Waals surface area contributed by atoms with Gasteiger partial charge in [-0.05, 0) is 31.0 Å². The minimum Gasteiger partial charge on any atom is -0.357 e. The fraction of sp³-hybridized carbons (Fsp3) is 0.435. The van der Waals surface area contributed by atoms with Gasteiger partial charge in [0.1, 0.15) is 0 Å². The first-order valence-corrected chi connectivity index (χ1v) is 12.3. The fourth-order valence-electron chi connectivity index (χ4n) is 3.57. The van der Waals surface area contributed by atoms with Crippen molar-refractivity contribution in [3.63, 3.8) is 0 Å². The van der Waals surface area contributed by atoms with Crippen LogP contribution in [-0.2, 0) is 16.4 Å². The van der Waals surface area contributed by atoms with Crippen LogP contribution in [0.3, 0.4) is 0 Å². The molecule has 1 saturated heterocycles. The third-order valence-electron chi connectivity index (χ3n) is 5.19. The van der Waals surface area contributed by atoms with Crippen LogP contribution in [0.15, 0.2) is 70.6 Å². The summed E-state index contributed by atoms with van der Waals surface area (Å²) < 4.78 is 24.8. The van der Waals surface area contributed by atoms with E-state index >= 15 is 0 Å². The maximum absolute atomic E-state index is 12.4. The number of rotatable bonds is 8. The zero-order valence-corrected chi connectivity index (χ0v) is 21.3. The van der Waals surface area contributed by atoms with Crippen LogP contribution in [0.5, 0.6) is 0 Å². The SMILES string of the molecule is CCNC(=NCCCS(=O)(=O)c1ccccc1)N1CCN(Cc2ccccc2)CC1.I. The number of nitrogens with one attached hydrogen (secondary N) is 1. The highest BCUT2D eigenvalue weighted by molar-refractivity contribution is 14.0. The third-order valence-corrected chi connectivity index (χ3v) is 7.01. The van der Waals surface area contributed by atoms with Gasteiger partial charge >= 0.3 is 0 Å². The molecule has 1 N–H and O–H groups in total. The Morgan fingerprint density at radius 2 is 1.58 bits per heavy atom. The van der Waals surface area contributed by atoms with Gasteiger partial charge in [0.15, 0.2) is 15.8 Å². The van der Waals surface area contributed by atoms with Crippen molar-refractivity contribution in [3.8, 4) is 0 Å². The number of guanidine groups is 1. The maximum atomic E-state index is 12.4. The molecule has 3 rings (SSSR count). The Morgan fingerprint density at radius 3 is 2.19 bits per heavy atom. The zero-order chi connectivity index (χ0) is 21.2. The normalized spacial score (nSPS) is 15.4. The number of hydrogen-bond donors (Lipinski definition) is 1. The number of aliphatic imine (C=N–C) groups is 1. The van der Waals surface area contributed by atoms with Crippen molar-refractivity contribution in [2.45, 2.75) is 24.8 Å². The van der Waals surface area contributed by atoms with Crippen LogP contribution in [0, 0.1) is 0 Å². The van der Waals surface area contributed by atoms with Gasteiger partial charge in [0.05, 0.1) is 10.6 Å². The van der Waals surface area contributed by atoms with Gasteiger partial charge in [-0.2, -0.15) is 0 Å². The summed E-state index contributed by atoms with van der Waals surface area (Å²) >= 11 is 0. The standard InChI is InChI=1S/C23H32N4O2S.HI/c1-2-24-23(25-14-9-19-30(28,29)22-12-7-4-8-13-22)27-17-15-26(16-18-27)20-21-10-5-3-6-11-21;/h3-8,10-13H,2,9,14-20H2,1H3,(H,24,25);1H. The van der Waals surface area contributed by atoms with Gasteiger partial charge in [-0.25, -0.2) is 8.42 Å². The van der Waals surface area contributed by atoms with Crippen molar-refractivity contribution in [2.75, 3.05) is 45.0 Å². The van der Waals surface area contributed by atoms with E-state index in [9.17, 15) is 8.42 Å². The van der Waals surface area contributed by atoms with Crippen molar-refractivity contribution in [1.29, 1.82) is 0 Å². The molecule has 1 aliphatic rings. The van der Waals surface area contributed by atoms with Crippen LogP contribution in [0.25, 0.3) is 0 Å². The van der Waals surface area contributed by atoms with Crippen LogP contribution in [-0.4, -0.2) is 69.2 Å². The Kier molecular flexibility index (Phi) is 10.8. The molecule has 0 atom stereocenters. The summed E-state index contributed by atoms with van der Waals surface area (Å²) in [5, 5.41) is 3.35. The minimum atomic E-state index is -3.24. The van der Waals surface area contributed by atoms with Gasteiger partial charge < -0.3 is 10.2 Å². The minimum absolute atomic E-state index is 0. The van der Waals surface area contributed by atoms with Gasteiger partial charge in [0.25, 0.3) is 0 Å². The van der Waals surface area contributed by atoms with Crippen LogP contribution in [0.1, 0.15) is 18.9 Å². The van der Waals surface area contributed by atoms with Gasteiger partial charge in [0.2, 0.25) is 0 Å². The molecule has 0 unspecified atom stereocenters. The number of hydrogen-bond acceptors (Lipinski definition) is 4. The molecule has 8 heteroatoms. The van der Waals surface area contributed by atoms with E-state index in [1.54, 1.807) is 24.3 Å². The maximum Gasteiger partial charge on any atom is 0.194 e. The third kappa shape index (κ3) is 8.08. The lowest BCUT2D eigenvalue weighted by Crippen LogP contribution is -2.52. The lowest BCUT2D eigenvalue weighted by atomic mass is 10.2. The Balaban J connectivity index is 0.00000341. The Bertz CT molecular complexity index is 900. The molecule has 0 amide bonds. The smallest absolute Gasteiger partial charge is 0.194 e. The van der Waals surface area contributed by atoms with Crippen LogP contribution in [0.4, 0.5) is 0 Å². The highest BCUT2D eigenvalue weighted by Crippen LogP contribution is 2.12. The summed E-state index contributed by atoms with van der Waals surface area (Å²) in [6.45, 7) is 8.14. The quantitative estimate of drug-likeness (QED) is 0.234. The van der Waals surface area contributed by atoms with E-state index in [4.69, 9.17) is 4.99 Å². The van der Waals surface area contributed by atoms with Crippen LogP contribution in [0.2, 0.25) is 0 Å². The predicted molar refractivity (Wildman–Crippen MR) is 138 cm³/mol. The summed E-state index contributed by atoms with van der Waals surface area (Å²) in [5.41, 5.74) is 1.34. The number of benzene rings is 2. The predicted octanol–water partition coefficient (Wildman–Crippen LogP) is 3.25. The topological polar surface area (TPSA) is 65.0 Å². The molecule has 1 heterocycles. The van der Waals surface area contributed by atoms with Gasteiger partial charge in [-0.3, -0.25) is 9.89 Å². The molecule has 0 spiro atoms. The average molecular weight is 557 g/mol. The van der Waals surface area contributed by atoms with Crippen molar-refractivity contribution in [1.82, 2.24) is 15.1 Å². The molecule has 2 aromatic carbocycles. The molecule has 31 heavy (non-hydrogen) atoms.